The van der Waals surface area contributed by atoms with E-state index in [9.17, 15) is 4.39 Å². The van der Waals surface area contributed by atoms with E-state index in [2.05, 4.69) is 15.5 Å². The molecule has 24 heavy (non-hydrogen) atoms. The predicted octanol–water partition coefficient (Wildman–Crippen LogP) is 4.11. The van der Waals surface area contributed by atoms with E-state index >= 15 is 0 Å². The number of aryl methyl sites for hydroxylation is 1. The third-order valence-electron chi connectivity index (χ3n) is 3.26. The Morgan fingerprint density at radius 1 is 1.25 bits per heavy atom. The van der Waals surface area contributed by atoms with Gasteiger partial charge in [0.2, 0.25) is 11.6 Å². The molecule has 1 N–H and O–H groups in total. The van der Waals surface area contributed by atoms with E-state index in [-0.39, 0.29) is 17.4 Å². The van der Waals surface area contributed by atoms with Gasteiger partial charge in [-0.3, -0.25) is 0 Å². The molecule has 0 aliphatic heterocycles. The van der Waals surface area contributed by atoms with Gasteiger partial charge in [-0.1, -0.05) is 29.8 Å². The Hall–Kier alpha value is -3.46. The van der Waals surface area contributed by atoms with E-state index in [4.69, 9.17) is 9.68 Å². The van der Waals surface area contributed by atoms with Crippen molar-refractivity contribution < 1.29 is 8.81 Å². The summed E-state index contributed by atoms with van der Waals surface area (Å²) in [6, 6.07) is 15.5. The highest BCUT2D eigenvalue weighted by Gasteiger charge is 2.13. The first-order valence-electron chi connectivity index (χ1n) is 7.18. The first kappa shape index (κ1) is 15.4. The molecule has 6 heteroatoms. The highest BCUT2D eigenvalue weighted by molar-refractivity contribution is 5.80. The van der Waals surface area contributed by atoms with Gasteiger partial charge in [-0.25, -0.2) is 9.82 Å². The van der Waals surface area contributed by atoms with Crippen LogP contribution in [-0.2, 0) is 0 Å². The summed E-state index contributed by atoms with van der Waals surface area (Å²) in [6.07, 6.45) is 1.43. The van der Waals surface area contributed by atoms with Crippen molar-refractivity contribution in [2.45, 2.75) is 6.92 Å². The number of hydrogen-bond donors (Lipinski definition) is 1. The number of nitrogens with one attached hydrogen (secondary N) is 1. The Morgan fingerprint density at radius 2 is 2.04 bits per heavy atom. The van der Waals surface area contributed by atoms with Gasteiger partial charge in [0.1, 0.15) is 11.9 Å². The van der Waals surface area contributed by atoms with Crippen molar-refractivity contribution in [3.8, 4) is 17.5 Å². The van der Waals surface area contributed by atoms with Crippen molar-refractivity contribution in [1.29, 1.82) is 5.26 Å². The fourth-order valence-corrected chi connectivity index (χ4v) is 2.04. The Morgan fingerprint density at radius 3 is 2.75 bits per heavy atom. The molecule has 118 valence electrons. The zero-order valence-electron chi connectivity index (χ0n) is 12.8. The molecule has 0 saturated carbocycles. The zero-order chi connectivity index (χ0) is 16.9. The molecule has 1 heterocycles. The number of nitrogens with zero attached hydrogens (tertiary/aromatic N) is 3. The molecule has 0 unspecified atom stereocenters. The summed E-state index contributed by atoms with van der Waals surface area (Å²) in [5.41, 5.74) is 5.19. The van der Waals surface area contributed by atoms with Crippen molar-refractivity contribution in [3.05, 3.63) is 71.2 Å². The number of aromatic nitrogens is 1. The summed E-state index contributed by atoms with van der Waals surface area (Å²) >= 11 is 0. The summed E-state index contributed by atoms with van der Waals surface area (Å²) in [7, 11) is 0. The van der Waals surface area contributed by atoms with Gasteiger partial charge in [-0.2, -0.15) is 15.3 Å². The second-order valence-corrected chi connectivity index (χ2v) is 5.10. The normalized spacial score (nSPS) is 10.7. The van der Waals surface area contributed by atoms with Gasteiger partial charge in [0, 0.05) is 5.56 Å². The number of anilines is 1. The van der Waals surface area contributed by atoms with E-state index in [0.717, 1.165) is 11.1 Å². The molecule has 0 spiro atoms. The van der Waals surface area contributed by atoms with Gasteiger partial charge in [-0.15, -0.1) is 0 Å². The highest BCUT2D eigenvalue weighted by atomic mass is 19.1. The molecule has 0 saturated heterocycles. The number of rotatable bonds is 4. The van der Waals surface area contributed by atoms with Gasteiger partial charge in [0.25, 0.3) is 5.88 Å². The smallest absolute Gasteiger partial charge is 0.252 e. The summed E-state index contributed by atoms with van der Waals surface area (Å²) in [6.45, 7) is 1.98. The first-order chi connectivity index (χ1) is 11.7. The molecule has 1 aromatic heterocycles. The summed E-state index contributed by atoms with van der Waals surface area (Å²) in [5, 5.41) is 13.1. The third kappa shape index (κ3) is 3.47. The van der Waals surface area contributed by atoms with Crippen molar-refractivity contribution >= 4 is 12.1 Å². The molecule has 0 bridgehead atoms. The molecule has 5 nitrogen and oxygen atoms in total. The highest BCUT2D eigenvalue weighted by Crippen LogP contribution is 2.25. The van der Waals surface area contributed by atoms with E-state index in [1.165, 1.54) is 18.3 Å². The van der Waals surface area contributed by atoms with Crippen molar-refractivity contribution in [2.75, 3.05) is 5.43 Å². The Balaban J connectivity index is 1.81. The van der Waals surface area contributed by atoms with Crippen LogP contribution in [-0.4, -0.2) is 11.2 Å². The van der Waals surface area contributed by atoms with Gasteiger partial charge >= 0.3 is 0 Å². The summed E-state index contributed by atoms with van der Waals surface area (Å²) in [4.78, 5) is 4.14. The molecule has 0 aliphatic carbocycles. The van der Waals surface area contributed by atoms with Crippen LogP contribution in [0.15, 0.2) is 58.0 Å². The molecule has 0 atom stereocenters. The zero-order valence-corrected chi connectivity index (χ0v) is 12.8. The van der Waals surface area contributed by atoms with Crippen molar-refractivity contribution in [1.82, 2.24) is 4.98 Å². The molecule has 3 aromatic rings. The minimum Gasteiger partial charge on any atom is -0.417 e. The van der Waals surface area contributed by atoms with Crippen LogP contribution >= 0.6 is 0 Å². The van der Waals surface area contributed by atoms with Gasteiger partial charge < -0.3 is 4.42 Å². The van der Waals surface area contributed by atoms with E-state index in [1.54, 1.807) is 12.1 Å². The first-order valence-corrected chi connectivity index (χ1v) is 7.18. The number of benzene rings is 2. The van der Waals surface area contributed by atoms with Crippen LogP contribution in [0.5, 0.6) is 0 Å². The minimum absolute atomic E-state index is 0.0990. The van der Waals surface area contributed by atoms with Gasteiger partial charge in [0.15, 0.2) is 0 Å². The van der Waals surface area contributed by atoms with Gasteiger partial charge in [-0.05, 0) is 36.8 Å². The molecule has 2 aromatic carbocycles. The molecular formula is C18H13FN4O. The Kier molecular flexibility index (Phi) is 4.34. The van der Waals surface area contributed by atoms with Crippen molar-refractivity contribution in [3.63, 3.8) is 0 Å². The van der Waals surface area contributed by atoms with Crippen LogP contribution in [0.1, 0.15) is 16.8 Å². The second kappa shape index (κ2) is 6.75. The number of halogens is 1. The van der Waals surface area contributed by atoms with Crippen LogP contribution in [0.4, 0.5) is 10.3 Å². The molecule has 0 radical (unpaired) electrons. The van der Waals surface area contributed by atoms with Crippen LogP contribution in [0, 0.1) is 24.1 Å². The van der Waals surface area contributed by atoms with Crippen LogP contribution < -0.4 is 5.43 Å². The minimum atomic E-state index is -0.349. The maximum Gasteiger partial charge on any atom is 0.252 e. The summed E-state index contributed by atoms with van der Waals surface area (Å²) in [5.74, 6) is 0.119. The van der Waals surface area contributed by atoms with E-state index in [1.807, 2.05) is 37.3 Å². The SMILES string of the molecule is Cc1ccc(-c2nc(C#N)c(NN=Cc3cccc(F)c3)o2)cc1. The Bertz CT molecular complexity index is 923. The quantitative estimate of drug-likeness (QED) is 0.580. The topological polar surface area (TPSA) is 74.2 Å². The molecular weight excluding hydrogens is 307 g/mol. The lowest BCUT2D eigenvalue weighted by molar-refractivity contribution is 0.587. The largest absolute Gasteiger partial charge is 0.417 e. The summed E-state index contributed by atoms with van der Waals surface area (Å²) < 4.78 is 18.7. The van der Waals surface area contributed by atoms with Crippen molar-refractivity contribution in [2.24, 2.45) is 5.10 Å². The number of hydrazone groups is 1. The molecule has 0 aliphatic rings. The Labute approximate surface area is 138 Å². The fraction of sp³-hybridized carbons (Fsp3) is 0.0556. The van der Waals surface area contributed by atoms with Crippen LogP contribution in [0.2, 0.25) is 0 Å². The lowest BCUT2D eigenvalue weighted by Gasteiger charge is -1.97. The lowest BCUT2D eigenvalue weighted by atomic mass is 10.1. The lowest BCUT2D eigenvalue weighted by Crippen LogP contribution is -1.91. The molecule has 3 rings (SSSR count). The number of nitriles is 1. The monoisotopic (exact) mass is 320 g/mol. The fourth-order valence-electron chi connectivity index (χ4n) is 2.04. The van der Waals surface area contributed by atoms with E-state index in [0.29, 0.717) is 11.5 Å². The number of oxazole rings is 1. The van der Waals surface area contributed by atoms with Crippen LogP contribution in [0.3, 0.4) is 0 Å². The predicted molar refractivity (Wildman–Crippen MR) is 89.0 cm³/mol. The average molecular weight is 320 g/mol. The second-order valence-electron chi connectivity index (χ2n) is 5.10. The molecule has 0 amide bonds. The maximum atomic E-state index is 13.1. The maximum absolute atomic E-state index is 13.1. The third-order valence-corrected chi connectivity index (χ3v) is 3.26. The number of hydrogen-bond acceptors (Lipinski definition) is 5. The van der Waals surface area contributed by atoms with Crippen LogP contribution in [0.25, 0.3) is 11.5 Å². The van der Waals surface area contributed by atoms with E-state index < -0.39 is 0 Å². The standard InChI is InChI=1S/C18H13FN4O/c1-12-5-7-14(8-6-12)17-22-16(10-20)18(24-17)23-21-11-13-3-2-4-15(19)9-13/h2-9,11,23H,1H3. The average Bonchev–Trinajstić information content (AvgIpc) is 2.99. The van der Waals surface area contributed by atoms with Gasteiger partial charge in [0.05, 0.1) is 6.21 Å². The molecule has 0 fully saturated rings.